The van der Waals surface area contributed by atoms with Crippen LogP contribution >= 0.6 is 0 Å². The van der Waals surface area contributed by atoms with E-state index in [0.29, 0.717) is 12.2 Å². The van der Waals surface area contributed by atoms with Gasteiger partial charge in [0.2, 0.25) is 5.91 Å². The Labute approximate surface area is 115 Å². The Balaban J connectivity index is 2.42. The van der Waals surface area contributed by atoms with Gasteiger partial charge in [-0.25, -0.2) is 0 Å². The highest BCUT2D eigenvalue weighted by molar-refractivity contribution is 5.92. The van der Waals surface area contributed by atoms with E-state index in [4.69, 9.17) is 5.73 Å². The summed E-state index contributed by atoms with van der Waals surface area (Å²) in [5, 5.41) is 2.63. The van der Waals surface area contributed by atoms with Crippen LogP contribution in [0.2, 0.25) is 0 Å². The van der Waals surface area contributed by atoms with E-state index >= 15 is 0 Å². The van der Waals surface area contributed by atoms with Gasteiger partial charge in [0.25, 0.3) is 0 Å². The smallest absolute Gasteiger partial charge is 0.326 e. The molecule has 1 amide bonds. The van der Waals surface area contributed by atoms with Crippen LogP contribution in [-0.2, 0) is 11.3 Å². The van der Waals surface area contributed by atoms with Crippen LogP contribution in [0.4, 0.5) is 18.9 Å². The second kappa shape index (κ2) is 7.25. The number of nitrogens with two attached hydrogens (primary N) is 1. The van der Waals surface area contributed by atoms with Crippen LogP contribution in [0.15, 0.2) is 24.3 Å². The number of hydrogen-bond donors (Lipinski definition) is 2. The van der Waals surface area contributed by atoms with Crippen molar-refractivity contribution in [3.05, 3.63) is 29.8 Å². The van der Waals surface area contributed by atoms with E-state index in [1.807, 2.05) is 6.07 Å². The van der Waals surface area contributed by atoms with Crippen molar-refractivity contribution in [2.75, 3.05) is 25.5 Å². The Morgan fingerprint density at radius 1 is 1.40 bits per heavy atom. The zero-order valence-electron chi connectivity index (χ0n) is 11.2. The Bertz CT molecular complexity index is 449. The third kappa shape index (κ3) is 6.53. The second-order valence-corrected chi connectivity index (χ2v) is 4.56. The minimum atomic E-state index is -4.21. The number of benzene rings is 1. The SMILES string of the molecule is CN(CCC(F)(F)F)CC(=O)Nc1cccc(CN)c1. The third-order valence-corrected chi connectivity index (χ3v) is 2.64. The summed E-state index contributed by atoms with van der Waals surface area (Å²) in [6.07, 6.45) is -5.14. The van der Waals surface area contributed by atoms with E-state index in [-0.39, 0.29) is 19.0 Å². The van der Waals surface area contributed by atoms with Crippen molar-refractivity contribution in [1.82, 2.24) is 4.90 Å². The standard InChI is InChI=1S/C13H18F3N3O/c1-19(6-5-13(14,15)16)9-12(20)18-11-4-2-3-10(7-11)8-17/h2-4,7H,5-6,8-9,17H2,1H3,(H,18,20). The maximum Gasteiger partial charge on any atom is 0.390 e. The number of nitrogens with one attached hydrogen (secondary N) is 1. The lowest BCUT2D eigenvalue weighted by Gasteiger charge is -2.17. The number of amides is 1. The fourth-order valence-electron chi connectivity index (χ4n) is 1.62. The lowest BCUT2D eigenvalue weighted by Crippen LogP contribution is -2.32. The van der Waals surface area contributed by atoms with Crippen LogP contribution in [0.3, 0.4) is 0 Å². The van der Waals surface area contributed by atoms with Crippen molar-refractivity contribution in [2.45, 2.75) is 19.1 Å². The van der Waals surface area contributed by atoms with Gasteiger partial charge < -0.3 is 11.1 Å². The number of rotatable bonds is 6. The average molecular weight is 289 g/mol. The zero-order valence-corrected chi connectivity index (χ0v) is 11.2. The van der Waals surface area contributed by atoms with E-state index in [1.54, 1.807) is 18.2 Å². The summed E-state index contributed by atoms with van der Waals surface area (Å²) in [7, 11) is 1.47. The van der Waals surface area contributed by atoms with Gasteiger partial charge in [-0.1, -0.05) is 12.1 Å². The molecule has 4 nitrogen and oxygen atoms in total. The monoisotopic (exact) mass is 289 g/mol. The number of carbonyl (C=O) groups is 1. The zero-order chi connectivity index (χ0) is 15.2. The fourth-order valence-corrected chi connectivity index (χ4v) is 1.62. The molecule has 1 rings (SSSR count). The minimum Gasteiger partial charge on any atom is -0.326 e. The number of carbonyl (C=O) groups excluding carboxylic acids is 1. The minimum absolute atomic E-state index is 0.0943. The highest BCUT2D eigenvalue weighted by Gasteiger charge is 2.27. The van der Waals surface area contributed by atoms with Crippen molar-refractivity contribution in [3.63, 3.8) is 0 Å². The molecule has 1 aromatic carbocycles. The van der Waals surface area contributed by atoms with Crippen molar-refractivity contribution in [1.29, 1.82) is 0 Å². The molecule has 0 saturated heterocycles. The first-order valence-corrected chi connectivity index (χ1v) is 6.14. The molecule has 3 N–H and O–H groups in total. The predicted molar refractivity (Wildman–Crippen MR) is 71.1 cm³/mol. The molecule has 7 heteroatoms. The van der Waals surface area contributed by atoms with E-state index in [1.165, 1.54) is 11.9 Å². The van der Waals surface area contributed by atoms with Gasteiger partial charge in [-0.15, -0.1) is 0 Å². The normalized spacial score (nSPS) is 11.7. The second-order valence-electron chi connectivity index (χ2n) is 4.56. The van der Waals surface area contributed by atoms with Gasteiger partial charge in [0.05, 0.1) is 13.0 Å². The molecule has 0 aliphatic rings. The number of likely N-dealkylation sites (N-methyl/N-ethyl adjacent to an activating group) is 1. The summed E-state index contributed by atoms with van der Waals surface area (Å²) in [4.78, 5) is 13.0. The average Bonchev–Trinajstić information content (AvgIpc) is 2.35. The highest BCUT2D eigenvalue weighted by Crippen LogP contribution is 2.19. The number of alkyl halides is 3. The van der Waals surface area contributed by atoms with Gasteiger partial charge >= 0.3 is 6.18 Å². The van der Waals surface area contributed by atoms with Crippen molar-refractivity contribution in [3.8, 4) is 0 Å². The summed E-state index contributed by atoms with van der Waals surface area (Å²) in [6, 6.07) is 7.01. The molecule has 0 aliphatic carbocycles. The van der Waals surface area contributed by atoms with Crippen molar-refractivity contribution in [2.24, 2.45) is 5.73 Å². The van der Waals surface area contributed by atoms with Crippen LogP contribution in [0.5, 0.6) is 0 Å². The maximum absolute atomic E-state index is 12.0. The quantitative estimate of drug-likeness (QED) is 0.841. The largest absolute Gasteiger partial charge is 0.390 e. The molecule has 0 heterocycles. The van der Waals surface area contributed by atoms with E-state index in [0.717, 1.165) is 5.56 Å². The summed E-state index contributed by atoms with van der Waals surface area (Å²) in [5.74, 6) is -0.358. The van der Waals surface area contributed by atoms with E-state index < -0.39 is 12.6 Å². The summed E-state index contributed by atoms with van der Waals surface area (Å²) < 4.78 is 36.1. The van der Waals surface area contributed by atoms with Crippen LogP contribution < -0.4 is 11.1 Å². The lowest BCUT2D eigenvalue weighted by atomic mass is 10.2. The van der Waals surface area contributed by atoms with Crippen LogP contribution in [0, 0.1) is 0 Å². The van der Waals surface area contributed by atoms with E-state index in [9.17, 15) is 18.0 Å². The van der Waals surface area contributed by atoms with Gasteiger partial charge in [-0.3, -0.25) is 9.69 Å². The van der Waals surface area contributed by atoms with Crippen LogP contribution in [0.1, 0.15) is 12.0 Å². The Hall–Kier alpha value is -1.60. The molecule has 0 aromatic heterocycles. The summed E-state index contributed by atoms with van der Waals surface area (Å²) in [6.45, 7) is 0.0535. The van der Waals surface area contributed by atoms with Gasteiger partial charge in [0.1, 0.15) is 0 Å². The fraction of sp³-hybridized carbons (Fsp3) is 0.462. The number of halogens is 3. The molecule has 0 bridgehead atoms. The molecule has 0 atom stereocenters. The number of nitrogens with zero attached hydrogens (tertiary/aromatic N) is 1. The number of anilines is 1. The topological polar surface area (TPSA) is 58.4 Å². The summed E-state index contributed by atoms with van der Waals surface area (Å²) >= 11 is 0. The Morgan fingerprint density at radius 3 is 2.70 bits per heavy atom. The first kappa shape index (κ1) is 16.5. The number of hydrogen-bond acceptors (Lipinski definition) is 3. The van der Waals surface area contributed by atoms with E-state index in [2.05, 4.69) is 5.32 Å². The third-order valence-electron chi connectivity index (χ3n) is 2.64. The van der Waals surface area contributed by atoms with Gasteiger partial charge in [-0.2, -0.15) is 13.2 Å². The molecular formula is C13H18F3N3O. The lowest BCUT2D eigenvalue weighted by molar-refractivity contribution is -0.138. The first-order chi connectivity index (χ1) is 9.30. The Kier molecular flexibility index (Phi) is 5.97. The molecule has 0 fully saturated rings. The molecular weight excluding hydrogens is 271 g/mol. The van der Waals surface area contributed by atoms with Gasteiger partial charge in [0.15, 0.2) is 0 Å². The molecule has 0 aliphatic heterocycles. The predicted octanol–water partition coefficient (Wildman–Crippen LogP) is 1.97. The van der Waals surface area contributed by atoms with Crippen molar-refractivity contribution < 1.29 is 18.0 Å². The molecule has 0 saturated carbocycles. The maximum atomic E-state index is 12.0. The molecule has 112 valence electrons. The first-order valence-electron chi connectivity index (χ1n) is 6.14. The van der Waals surface area contributed by atoms with Gasteiger partial charge in [0, 0.05) is 18.8 Å². The molecule has 0 spiro atoms. The molecule has 20 heavy (non-hydrogen) atoms. The summed E-state index contributed by atoms with van der Waals surface area (Å²) in [5.41, 5.74) is 6.94. The molecule has 1 aromatic rings. The Morgan fingerprint density at radius 2 is 2.10 bits per heavy atom. The van der Waals surface area contributed by atoms with Crippen LogP contribution in [-0.4, -0.2) is 37.1 Å². The van der Waals surface area contributed by atoms with Crippen LogP contribution in [0.25, 0.3) is 0 Å². The highest BCUT2D eigenvalue weighted by atomic mass is 19.4. The molecule has 0 radical (unpaired) electrons. The molecule has 0 unspecified atom stereocenters. The van der Waals surface area contributed by atoms with Crippen molar-refractivity contribution >= 4 is 11.6 Å². The van der Waals surface area contributed by atoms with Gasteiger partial charge in [-0.05, 0) is 24.7 Å².